The molecule has 6 rings (SSSR count). The van der Waals surface area contributed by atoms with Crippen molar-refractivity contribution in [2.45, 2.75) is 39.3 Å². The number of anilines is 2. The zero-order chi connectivity index (χ0) is 28.2. The van der Waals surface area contributed by atoms with Crippen molar-refractivity contribution in [3.05, 3.63) is 47.5 Å². The molecule has 0 unspecified atom stereocenters. The van der Waals surface area contributed by atoms with Crippen LogP contribution in [0, 0.1) is 0 Å². The molecule has 10 heteroatoms. The molecule has 40 heavy (non-hydrogen) atoms. The van der Waals surface area contributed by atoms with E-state index in [1.807, 2.05) is 65.2 Å². The number of carbonyl (C=O) groups is 2. The number of nitrogens with one attached hydrogen (secondary N) is 1. The Morgan fingerprint density at radius 2 is 1.85 bits per heavy atom. The average molecular weight is 559 g/mol. The Labute approximate surface area is 237 Å². The van der Waals surface area contributed by atoms with Gasteiger partial charge in [-0.3, -0.25) is 4.79 Å². The summed E-state index contributed by atoms with van der Waals surface area (Å²) >= 11 is 1.54. The van der Waals surface area contributed by atoms with E-state index in [1.165, 1.54) is 11.3 Å². The first-order valence-electron chi connectivity index (χ1n) is 13.6. The molecule has 1 saturated heterocycles. The van der Waals surface area contributed by atoms with E-state index < -0.39 is 5.60 Å². The Morgan fingerprint density at radius 1 is 1.07 bits per heavy atom. The summed E-state index contributed by atoms with van der Waals surface area (Å²) in [5.74, 6) is 0.870. The number of likely N-dealkylation sites (N-methyl/N-ethyl adjacent to an activating group) is 1. The molecule has 9 nitrogen and oxygen atoms in total. The first kappa shape index (κ1) is 26.3. The summed E-state index contributed by atoms with van der Waals surface area (Å²) in [6.07, 6.45) is 1.59. The van der Waals surface area contributed by atoms with E-state index in [2.05, 4.69) is 27.2 Å². The molecule has 208 valence electrons. The van der Waals surface area contributed by atoms with Crippen LogP contribution in [0.25, 0.3) is 32.2 Å². The number of nitrogens with zero attached hydrogens (tertiary/aromatic N) is 5. The second-order valence-electron chi connectivity index (χ2n) is 11.6. The number of amides is 2. The maximum absolute atomic E-state index is 12.9. The Balaban J connectivity index is 1.23. The van der Waals surface area contributed by atoms with E-state index in [4.69, 9.17) is 14.7 Å². The van der Waals surface area contributed by atoms with Gasteiger partial charge in [0.1, 0.15) is 16.3 Å². The number of fused-ring (bicyclic) bond motifs is 5. The highest BCUT2D eigenvalue weighted by molar-refractivity contribution is 7.21. The predicted molar refractivity (Wildman–Crippen MR) is 161 cm³/mol. The fourth-order valence-corrected chi connectivity index (χ4v) is 6.64. The van der Waals surface area contributed by atoms with Crippen LogP contribution in [0.15, 0.2) is 42.6 Å². The summed E-state index contributed by atoms with van der Waals surface area (Å²) in [5, 5.41) is 5.22. The van der Waals surface area contributed by atoms with Gasteiger partial charge in [-0.2, -0.15) is 0 Å². The summed E-state index contributed by atoms with van der Waals surface area (Å²) in [7, 11) is 2.05. The fraction of sp³-hybridized carbons (Fsp3) is 0.400. The Hall–Kier alpha value is -3.92. The third kappa shape index (κ3) is 4.92. The van der Waals surface area contributed by atoms with Gasteiger partial charge >= 0.3 is 6.09 Å². The second kappa shape index (κ2) is 9.92. The number of hydrogen-bond donors (Lipinski definition) is 1. The van der Waals surface area contributed by atoms with Crippen LogP contribution in [0.4, 0.5) is 16.3 Å². The van der Waals surface area contributed by atoms with Crippen LogP contribution in [0.3, 0.4) is 0 Å². The number of rotatable bonds is 2. The van der Waals surface area contributed by atoms with Crippen LogP contribution in [-0.4, -0.2) is 78.3 Å². The zero-order valence-electron chi connectivity index (χ0n) is 23.5. The van der Waals surface area contributed by atoms with E-state index in [9.17, 15) is 9.59 Å². The molecule has 2 aliphatic heterocycles. The van der Waals surface area contributed by atoms with Crippen molar-refractivity contribution in [1.29, 1.82) is 0 Å². The van der Waals surface area contributed by atoms with Gasteiger partial charge in [-0.25, -0.2) is 14.8 Å². The fourth-order valence-electron chi connectivity index (χ4n) is 5.47. The normalized spacial score (nSPS) is 18.1. The number of aromatic nitrogens is 2. The van der Waals surface area contributed by atoms with Gasteiger partial charge < -0.3 is 24.8 Å². The SMILES string of the molecule is C[C@@H]1CN(C)c2c(sc3ccc4nc(-c5ccc(N6CCN(C(=O)OC(C)(C)C)CC6)nc5)ccc4c23)C(=O)N1. The molecule has 2 amide bonds. The summed E-state index contributed by atoms with van der Waals surface area (Å²) in [6, 6.07) is 12.4. The van der Waals surface area contributed by atoms with Crippen molar-refractivity contribution in [2.24, 2.45) is 0 Å². The lowest BCUT2D eigenvalue weighted by Crippen LogP contribution is -2.50. The highest BCUT2D eigenvalue weighted by Crippen LogP contribution is 2.43. The van der Waals surface area contributed by atoms with E-state index >= 15 is 0 Å². The highest BCUT2D eigenvalue weighted by atomic mass is 32.1. The molecule has 1 aromatic carbocycles. The minimum atomic E-state index is -0.498. The summed E-state index contributed by atoms with van der Waals surface area (Å²) in [4.78, 5) is 41.8. The molecule has 5 heterocycles. The first-order valence-corrected chi connectivity index (χ1v) is 14.5. The Bertz CT molecular complexity index is 1600. The molecular weight excluding hydrogens is 524 g/mol. The number of pyridine rings is 2. The Morgan fingerprint density at radius 3 is 2.55 bits per heavy atom. The number of thiophene rings is 1. The van der Waals surface area contributed by atoms with Gasteiger partial charge in [0.05, 0.1) is 16.9 Å². The standard InChI is InChI=1S/C30H34N6O3S/c1-18-17-34(5)26-25-20-7-8-21(33-22(20)9-10-23(25)40-27(26)28(37)32-18)19-6-11-24(31-16-19)35-12-14-36(15-13-35)29(38)39-30(2,3)4/h6-11,16,18H,12-15,17H2,1-5H3,(H,32,37)/t18-/m1/s1. The molecular formula is C30H34N6O3S. The van der Waals surface area contributed by atoms with E-state index in [1.54, 1.807) is 4.90 Å². The second-order valence-corrected chi connectivity index (χ2v) is 12.6. The minimum Gasteiger partial charge on any atom is -0.444 e. The van der Waals surface area contributed by atoms with Gasteiger partial charge in [0.2, 0.25) is 0 Å². The monoisotopic (exact) mass is 558 g/mol. The number of hydrogen-bond acceptors (Lipinski definition) is 8. The maximum Gasteiger partial charge on any atom is 0.410 e. The molecule has 2 aliphatic rings. The van der Waals surface area contributed by atoms with E-state index in [0.717, 1.165) is 55.2 Å². The largest absolute Gasteiger partial charge is 0.444 e. The van der Waals surface area contributed by atoms with Crippen LogP contribution in [0.1, 0.15) is 37.4 Å². The van der Waals surface area contributed by atoms with Gasteiger partial charge in [0.25, 0.3) is 5.91 Å². The van der Waals surface area contributed by atoms with E-state index in [0.29, 0.717) is 26.2 Å². The lowest BCUT2D eigenvalue weighted by molar-refractivity contribution is 0.0240. The number of benzene rings is 1. The third-order valence-electron chi connectivity index (χ3n) is 7.31. The smallest absolute Gasteiger partial charge is 0.410 e. The van der Waals surface area contributed by atoms with Crippen LogP contribution in [-0.2, 0) is 4.74 Å². The van der Waals surface area contributed by atoms with Crippen LogP contribution in [0.5, 0.6) is 0 Å². The molecule has 0 aliphatic carbocycles. The maximum atomic E-state index is 12.9. The number of piperazine rings is 1. The number of ether oxygens (including phenoxy) is 1. The molecule has 3 aromatic heterocycles. The third-order valence-corrected chi connectivity index (χ3v) is 8.45. The Kier molecular flexibility index (Phi) is 6.53. The quantitative estimate of drug-likeness (QED) is 0.364. The minimum absolute atomic E-state index is 0.0109. The molecule has 1 fully saturated rings. The highest BCUT2D eigenvalue weighted by Gasteiger charge is 2.28. The topological polar surface area (TPSA) is 90.9 Å². The lowest BCUT2D eigenvalue weighted by Gasteiger charge is -2.36. The predicted octanol–water partition coefficient (Wildman–Crippen LogP) is 5.14. The van der Waals surface area contributed by atoms with Crippen molar-refractivity contribution in [1.82, 2.24) is 20.2 Å². The van der Waals surface area contributed by atoms with Gasteiger partial charge in [-0.05, 0) is 64.1 Å². The van der Waals surface area contributed by atoms with E-state index in [-0.39, 0.29) is 18.0 Å². The van der Waals surface area contributed by atoms with Crippen molar-refractivity contribution < 1.29 is 14.3 Å². The average Bonchev–Trinajstić information content (AvgIpc) is 3.28. The molecule has 0 bridgehead atoms. The molecule has 0 spiro atoms. The lowest BCUT2D eigenvalue weighted by atomic mass is 10.1. The molecule has 1 N–H and O–H groups in total. The summed E-state index contributed by atoms with van der Waals surface area (Å²) in [6.45, 7) is 11.0. The molecule has 0 saturated carbocycles. The van der Waals surface area contributed by atoms with Crippen molar-refractivity contribution in [3.8, 4) is 11.3 Å². The van der Waals surface area contributed by atoms with Crippen LogP contribution >= 0.6 is 11.3 Å². The number of carbonyl (C=O) groups excluding carboxylic acids is 2. The summed E-state index contributed by atoms with van der Waals surface area (Å²) < 4.78 is 6.59. The van der Waals surface area contributed by atoms with Gasteiger partial charge in [0.15, 0.2) is 0 Å². The molecule has 1 atom stereocenters. The van der Waals surface area contributed by atoms with Crippen molar-refractivity contribution >= 4 is 55.8 Å². The zero-order valence-corrected chi connectivity index (χ0v) is 24.3. The molecule has 0 radical (unpaired) electrons. The van der Waals surface area contributed by atoms with Crippen LogP contribution < -0.4 is 15.1 Å². The van der Waals surface area contributed by atoms with Crippen LogP contribution in [0.2, 0.25) is 0 Å². The summed E-state index contributed by atoms with van der Waals surface area (Å²) in [5.41, 5.74) is 3.16. The van der Waals surface area contributed by atoms with Gasteiger partial charge in [-0.1, -0.05) is 0 Å². The van der Waals surface area contributed by atoms with Gasteiger partial charge in [0, 0.05) is 73.0 Å². The molecule has 4 aromatic rings. The van der Waals surface area contributed by atoms with Gasteiger partial charge in [-0.15, -0.1) is 11.3 Å². The van der Waals surface area contributed by atoms with Crippen molar-refractivity contribution in [3.63, 3.8) is 0 Å². The van der Waals surface area contributed by atoms with Crippen molar-refractivity contribution in [2.75, 3.05) is 49.6 Å². The first-order chi connectivity index (χ1) is 19.1.